The van der Waals surface area contributed by atoms with Crippen molar-refractivity contribution in [2.24, 2.45) is 5.73 Å². The molecule has 10 heteroatoms. The summed E-state index contributed by atoms with van der Waals surface area (Å²) in [6.07, 6.45) is 86.5. The molecule has 0 radical (unpaired) electrons. The molecule has 438 valence electrons. The second-order valence-corrected chi connectivity index (χ2v) is 21.3. The number of unbranched alkanes of at least 4 members (excludes halogenated alkanes) is 21. The highest BCUT2D eigenvalue weighted by Crippen LogP contribution is 2.43. The average molecular weight is 1090 g/mol. The van der Waals surface area contributed by atoms with Crippen molar-refractivity contribution in [2.75, 3.05) is 26.4 Å². The predicted molar refractivity (Wildman–Crippen MR) is 330 cm³/mol. The molecule has 0 aliphatic carbocycles. The smallest absolute Gasteiger partial charge is 0.462 e. The Bertz CT molecular complexity index is 1720. The van der Waals surface area contributed by atoms with Crippen molar-refractivity contribution in [3.05, 3.63) is 134 Å². The zero-order valence-corrected chi connectivity index (χ0v) is 49.8. The molecule has 2 unspecified atom stereocenters. The summed E-state index contributed by atoms with van der Waals surface area (Å²) in [4.78, 5) is 35.2. The highest BCUT2D eigenvalue weighted by molar-refractivity contribution is 7.47. The van der Waals surface area contributed by atoms with E-state index < -0.39 is 32.5 Å². The van der Waals surface area contributed by atoms with Crippen LogP contribution in [0.2, 0.25) is 0 Å². The monoisotopic (exact) mass is 1090 g/mol. The van der Waals surface area contributed by atoms with Crippen molar-refractivity contribution in [1.82, 2.24) is 0 Å². The molecule has 0 bridgehead atoms. The first kappa shape index (κ1) is 73.2. The van der Waals surface area contributed by atoms with E-state index in [0.717, 1.165) is 128 Å². The van der Waals surface area contributed by atoms with Gasteiger partial charge in [0.05, 0.1) is 13.2 Å². The van der Waals surface area contributed by atoms with E-state index in [0.29, 0.717) is 12.8 Å². The van der Waals surface area contributed by atoms with Crippen LogP contribution in [0.15, 0.2) is 134 Å². The summed E-state index contributed by atoms with van der Waals surface area (Å²) in [7, 11) is -4.40. The number of allylic oxidation sites excluding steroid dienone is 22. The first-order valence-electron chi connectivity index (χ1n) is 30.7. The SMILES string of the molecule is CC/C=C\C/C=C\C/C=C\C/C=C\C/C=C\C/C=C\C/C=C\C/C=C\CCCCCCCCCCCCC(=O)OC(COC(=O)CCCCCCCC/C=C\C/C=C\C/C=C\CCCCCCC)COP(=O)(O)OCCN. The Morgan fingerprint density at radius 1 is 0.403 bits per heavy atom. The van der Waals surface area contributed by atoms with Gasteiger partial charge in [-0.3, -0.25) is 18.6 Å². The van der Waals surface area contributed by atoms with Crippen LogP contribution in [0.3, 0.4) is 0 Å². The molecule has 0 heterocycles. The minimum Gasteiger partial charge on any atom is -0.462 e. The fraction of sp³-hybridized carbons (Fsp3) is 0.642. The Hall–Kier alpha value is -3.85. The number of nitrogens with two attached hydrogens (primary N) is 1. The number of hydrogen-bond donors (Lipinski definition) is 2. The van der Waals surface area contributed by atoms with Gasteiger partial charge in [0.15, 0.2) is 6.10 Å². The van der Waals surface area contributed by atoms with E-state index in [-0.39, 0.29) is 32.6 Å². The number of rotatable bonds is 56. The molecule has 0 aromatic carbocycles. The van der Waals surface area contributed by atoms with Crippen molar-refractivity contribution < 1.29 is 37.6 Å². The molecule has 0 aliphatic rings. The molecular formula is C67H112NO8P. The summed E-state index contributed by atoms with van der Waals surface area (Å²) >= 11 is 0. The van der Waals surface area contributed by atoms with Crippen LogP contribution in [0.5, 0.6) is 0 Å². The number of hydrogen-bond acceptors (Lipinski definition) is 8. The van der Waals surface area contributed by atoms with Gasteiger partial charge in [0.25, 0.3) is 0 Å². The fourth-order valence-corrected chi connectivity index (χ4v) is 8.78. The minimum absolute atomic E-state index is 0.0442. The third kappa shape index (κ3) is 61.2. The van der Waals surface area contributed by atoms with Crippen LogP contribution in [-0.4, -0.2) is 49.3 Å². The summed E-state index contributed by atoms with van der Waals surface area (Å²) < 4.78 is 33.0. The van der Waals surface area contributed by atoms with Gasteiger partial charge in [-0.05, 0) is 116 Å². The van der Waals surface area contributed by atoms with E-state index >= 15 is 0 Å². The van der Waals surface area contributed by atoms with Gasteiger partial charge in [-0.15, -0.1) is 0 Å². The lowest BCUT2D eigenvalue weighted by Gasteiger charge is -2.19. The van der Waals surface area contributed by atoms with E-state index in [2.05, 4.69) is 148 Å². The Morgan fingerprint density at radius 3 is 1.06 bits per heavy atom. The van der Waals surface area contributed by atoms with Gasteiger partial charge in [0, 0.05) is 19.4 Å². The quantitative estimate of drug-likeness (QED) is 0.0264. The largest absolute Gasteiger partial charge is 0.472 e. The van der Waals surface area contributed by atoms with Crippen molar-refractivity contribution >= 4 is 19.8 Å². The number of esters is 2. The molecule has 0 rings (SSSR count). The molecule has 0 fully saturated rings. The Morgan fingerprint density at radius 2 is 0.714 bits per heavy atom. The van der Waals surface area contributed by atoms with Crippen LogP contribution in [0, 0.1) is 0 Å². The standard InChI is InChI=1S/C67H112NO8P/c1-3-5-7-9-11-13-15-17-19-21-23-25-26-27-28-29-30-31-32-33-34-35-36-37-38-40-42-44-46-48-50-52-54-56-58-60-67(70)76-65(64-75-77(71,72)74-62-61-68)63-73-66(69)59-57-55-53-51-49-47-45-43-41-39-24-22-20-18-16-14-12-10-8-6-4-2/h5,7,11,13,16-19,22-25,27-28,30-31,33-34,36-37,41,43,65H,3-4,6,8-10,12,14-15,20-21,26,29,32,35,38-40,42,44-64,68H2,1-2H3,(H,71,72)/b7-5-,13-11-,18-16-,19-17-,24-22-,25-23-,28-27-,31-30-,34-33-,37-36-,43-41-. The van der Waals surface area contributed by atoms with E-state index in [1.807, 2.05) is 0 Å². The molecule has 3 N–H and O–H groups in total. The summed E-state index contributed by atoms with van der Waals surface area (Å²) in [6, 6.07) is 0. The van der Waals surface area contributed by atoms with Gasteiger partial charge in [0.1, 0.15) is 6.61 Å². The maximum Gasteiger partial charge on any atom is 0.472 e. The number of ether oxygens (including phenoxy) is 2. The third-order valence-electron chi connectivity index (χ3n) is 12.5. The van der Waals surface area contributed by atoms with Crippen molar-refractivity contribution in [2.45, 2.75) is 251 Å². The Labute approximate surface area is 472 Å². The lowest BCUT2D eigenvalue weighted by Crippen LogP contribution is -2.29. The fourth-order valence-electron chi connectivity index (χ4n) is 8.01. The maximum absolute atomic E-state index is 12.7. The van der Waals surface area contributed by atoms with E-state index in [4.69, 9.17) is 24.3 Å². The first-order chi connectivity index (χ1) is 37.8. The molecule has 0 aromatic heterocycles. The topological polar surface area (TPSA) is 134 Å². The zero-order chi connectivity index (χ0) is 55.9. The minimum atomic E-state index is -4.40. The van der Waals surface area contributed by atoms with E-state index in [9.17, 15) is 19.0 Å². The van der Waals surface area contributed by atoms with E-state index in [1.54, 1.807) is 0 Å². The molecule has 77 heavy (non-hydrogen) atoms. The van der Waals surface area contributed by atoms with Gasteiger partial charge in [-0.1, -0.05) is 250 Å². The number of phosphoric acid groups is 1. The van der Waals surface area contributed by atoms with Crippen LogP contribution in [0.1, 0.15) is 245 Å². The highest BCUT2D eigenvalue weighted by atomic mass is 31.2. The van der Waals surface area contributed by atoms with Crippen LogP contribution >= 0.6 is 7.82 Å². The molecule has 0 saturated heterocycles. The molecule has 0 spiro atoms. The van der Waals surface area contributed by atoms with Gasteiger partial charge in [0.2, 0.25) is 0 Å². The number of carbonyl (C=O) groups is 2. The van der Waals surface area contributed by atoms with Crippen LogP contribution in [-0.2, 0) is 32.7 Å². The summed E-state index contributed by atoms with van der Waals surface area (Å²) in [5.74, 6) is -0.853. The third-order valence-corrected chi connectivity index (χ3v) is 13.5. The average Bonchev–Trinajstić information content (AvgIpc) is 3.42. The number of phosphoric ester groups is 1. The molecule has 0 amide bonds. The number of carbonyl (C=O) groups excluding carboxylic acids is 2. The second-order valence-electron chi connectivity index (χ2n) is 19.8. The summed E-state index contributed by atoms with van der Waals surface area (Å²) in [5, 5.41) is 0. The van der Waals surface area contributed by atoms with Crippen LogP contribution in [0.4, 0.5) is 0 Å². The molecular weight excluding hydrogens is 978 g/mol. The molecule has 0 aromatic rings. The molecule has 0 saturated carbocycles. The van der Waals surface area contributed by atoms with Crippen molar-refractivity contribution in [3.8, 4) is 0 Å². The van der Waals surface area contributed by atoms with Crippen LogP contribution < -0.4 is 5.73 Å². The van der Waals surface area contributed by atoms with Gasteiger partial charge in [-0.2, -0.15) is 0 Å². The summed E-state index contributed by atoms with van der Waals surface area (Å²) in [5.41, 5.74) is 5.38. The molecule has 9 nitrogen and oxygen atoms in total. The maximum atomic E-state index is 12.7. The Balaban J connectivity index is 4.02. The summed E-state index contributed by atoms with van der Waals surface area (Å²) in [6.45, 7) is 3.59. The zero-order valence-electron chi connectivity index (χ0n) is 48.9. The van der Waals surface area contributed by atoms with Crippen molar-refractivity contribution in [1.29, 1.82) is 0 Å². The Kier molecular flexibility index (Phi) is 58.3. The van der Waals surface area contributed by atoms with Gasteiger partial charge < -0.3 is 20.1 Å². The van der Waals surface area contributed by atoms with E-state index in [1.165, 1.54) is 77.0 Å². The predicted octanol–water partition coefficient (Wildman–Crippen LogP) is 19.7. The second kappa shape index (κ2) is 61.4. The van der Waals surface area contributed by atoms with Crippen molar-refractivity contribution in [3.63, 3.8) is 0 Å². The van der Waals surface area contributed by atoms with Crippen LogP contribution in [0.25, 0.3) is 0 Å². The lowest BCUT2D eigenvalue weighted by molar-refractivity contribution is -0.161. The van der Waals surface area contributed by atoms with Gasteiger partial charge in [-0.25, -0.2) is 4.57 Å². The normalized spacial score (nSPS) is 14.0. The first-order valence-corrected chi connectivity index (χ1v) is 32.2. The molecule has 2 atom stereocenters. The van der Waals surface area contributed by atoms with Gasteiger partial charge >= 0.3 is 19.8 Å². The lowest BCUT2D eigenvalue weighted by atomic mass is 10.0. The molecule has 0 aliphatic heterocycles. The highest BCUT2D eigenvalue weighted by Gasteiger charge is 2.26.